The molecule has 100 valence electrons. The van der Waals surface area contributed by atoms with Crippen LogP contribution >= 0.6 is 0 Å². The monoisotopic (exact) mass is 257 g/mol. The molecular weight excluding hydrogens is 238 g/mol. The van der Waals surface area contributed by atoms with Crippen LogP contribution in [0.3, 0.4) is 0 Å². The van der Waals surface area contributed by atoms with Crippen LogP contribution < -0.4 is 10.2 Å². The summed E-state index contributed by atoms with van der Waals surface area (Å²) in [5.41, 5.74) is 3.44. The number of ether oxygens (including phenoxy) is 1. The number of methoxy groups -OCH3 is 1. The van der Waals surface area contributed by atoms with E-state index >= 15 is 0 Å². The Kier molecular flexibility index (Phi) is 3.51. The molecule has 1 saturated heterocycles. The summed E-state index contributed by atoms with van der Waals surface area (Å²) in [6.07, 6.45) is 5.68. The van der Waals surface area contributed by atoms with Crippen molar-refractivity contribution in [1.29, 1.82) is 0 Å². The van der Waals surface area contributed by atoms with Gasteiger partial charge < -0.3 is 10.2 Å². The van der Waals surface area contributed by atoms with Crippen molar-refractivity contribution < 1.29 is 4.74 Å². The van der Waals surface area contributed by atoms with Crippen molar-refractivity contribution in [1.82, 2.24) is 9.99 Å². The number of anilines is 1. The first-order chi connectivity index (χ1) is 9.36. The van der Waals surface area contributed by atoms with Crippen LogP contribution in [0.15, 0.2) is 30.5 Å². The summed E-state index contributed by atoms with van der Waals surface area (Å²) in [6.45, 7) is 2.17. The van der Waals surface area contributed by atoms with Crippen molar-refractivity contribution in [3.8, 4) is 5.75 Å². The average molecular weight is 257 g/mol. The quantitative estimate of drug-likeness (QED) is 0.917. The van der Waals surface area contributed by atoms with Crippen LogP contribution in [0.1, 0.15) is 19.3 Å². The third-order valence-corrected chi connectivity index (χ3v) is 3.59. The Morgan fingerprint density at radius 1 is 1.16 bits per heavy atom. The Balaban J connectivity index is 1.92. The van der Waals surface area contributed by atoms with Gasteiger partial charge in [0, 0.05) is 24.7 Å². The molecule has 0 radical (unpaired) electrons. The summed E-state index contributed by atoms with van der Waals surface area (Å²) in [7, 11) is 1.69. The highest BCUT2D eigenvalue weighted by molar-refractivity contribution is 5.92. The molecule has 1 N–H and O–H groups in total. The van der Waals surface area contributed by atoms with Crippen molar-refractivity contribution >= 4 is 16.6 Å². The van der Waals surface area contributed by atoms with E-state index in [-0.39, 0.29) is 0 Å². The lowest BCUT2D eigenvalue weighted by Gasteiger charge is -2.27. The molecule has 0 aliphatic carbocycles. The van der Waals surface area contributed by atoms with Crippen LogP contribution in [0, 0.1) is 0 Å². The van der Waals surface area contributed by atoms with E-state index in [4.69, 9.17) is 4.74 Å². The number of rotatable bonds is 3. The molecule has 0 amide bonds. The summed E-state index contributed by atoms with van der Waals surface area (Å²) in [5, 5.41) is 4.54. The minimum atomic E-state index is 0.863. The first kappa shape index (κ1) is 12.2. The number of benzene rings is 1. The third-order valence-electron chi connectivity index (χ3n) is 3.59. The molecule has 0 bridgehead atoms. The second-order valence-corrected chi connectivity index (χ2v) is 4.91. The maximum atomic E-state index is 5.30. The van der Waals surface area contributed by atoms with Gasteiger partial charge in [0.1, 0.15) is 11.6 Å². The zero-order chi connectivity index (χ0) is 13.1. The van der Waals surface area contributed by atoms with Crippen molar-refractivity contribution in [3.63, 3.8) is 0 Å². The molecular formula is C15H19N3O. The molecule has 1 fully saturated rings. The van der Waals surface area contributed by atoms with E-state index < -0.39 is 0 Å². The fraction of sp³-hybridized carbons (Fsp3) is 0.400. The Hall–Kier alpha value is -1.81. The molecule has 0 saturated carbocycles. The number of nitrogens with zero attached hydrogens (tertiary/aromatic N) is 2. The summed E-state index contributed by atoms with van der Waals surface area (Å²) in [4.78, 5) is 4.47. The van der Waals surface area contributed by atoms with Gasteiger partial charge in [0.2, 0.25) is 0 Å². The van der Waals surface area contributed by atoms with Gasteiger partial charge in [-0.2, -0.15) is 0 Å². The van der Waals surface area contributed by atoms with E-state index in [9.17, 15) is 0 Å². The molecule has 0 spiro atoms. The summed E-state index contributed by atoms with van der Waals surface area (Å²) in [6, 6.07) is 8.11. The SMILES string of the molecule is COc1ccc2ccnc(NN3CCCCC3)c2c1. The fourth-order valence-corrected chi connectivity index (χ4v) is 2.52. The van der Waals surface area contributed by atoms with Crippen LogP contribution in [0.2, 0.25) is 0 Å². The number of aromatic nitrogens is 1. The molecule has 19 heavy (non-hydrogen) atoms. The molecule has 2 heterocycles. The van der Waals surface area contributed by atoms with Gasteiger partial charge in [-0.05, 0) is 36.4 Å². The summed E-state index contributed by atoms with van der Waals surface area (Å²) in [5.74, 6) is 1.78. The van der Waals surface area contributed by atoms with Crippen molar-refractivity contribution in [2.24, 2.45) is 0 Å². The van der Waals surface area contributed by atoms with E-state index in [0.717, 1.165) is 30.0 Å². The van der Waals surface area contributed by atoms with Gasteiger partial charge in [0.15, 0.2) is 0 Å². The molecule has 2 aromatic rings. The molecule has 0 unspecified atom stereocenters. The smallest absolute Gasteiger partial charge is 0.148 e. The predicted molar refractivity (Wildman–Crippen MR) is 77.3 cm³/mol. The standard InChI is InChI=1S/C15H19N3O/c1-19-13-6-5-12-7-8-16-15(14(12)11-13)17-18-9-3-2-4-10-18/h5-8,11H,2-4,9-10H2,1H3,(H,16,17). The number of hydrazine groups is 1. The molecule has 3 rings (SSSR count). The molecule has 4 nitrogen and oxygen atoms in total. The lowest BCUT2D eigenvalue weighted by Crippen LogP contribution is -2.35. The molecule has 0 atom stereocenters. The number of hydrogen-bond donors (Lipinski definition) is 1. The Bertz CT molecular complexity index is 564. The highest BCUT2D eigenvalue weighted by Crippen LogP contribution is 2.26. The first-order valence-electron chi connectivity index (χ1n) is 6.81. The number of nitrogens with one attached hydrogen (secondary N) is 1. The highest BCUT2D eigenvalue weighted by atomic mass is 16.5. The van der Waals surface area contributed by atoms with Crippen LogP contribution in [0.4, 0.5) is 5.82 Å². The van der Waals surface area contributed by atoms with Gasteiger partial charge in [-0.1, -0.05) is 12.5 Å². The summed E-state index contributed by atoms with van der Waals surface area (Å²) < 4.78 is 5.30. The zero-order valence-corrected chi connectivity index (χ0v) is 11.2. The van der Waals surface area contributed by atoms with Gasteiger partial charge in [0.05, 0.1) is 7.11 Å². The lowest BCUT2D eigenvalue weighted by molar-refractivity contribution is 0.272. The van der Waals surface area contributed by atoms with E-state index in [1.54, 1.807) is 7.11 Å². The normalized spacial score (nSPS) is 16.5. The minimum Gasteiger partial charge on any atom is -0.497 e. The average Bonchev–Trinajstić information content (AvgIpc) is 2.48. The topological polar surface area (TPSA) is 37.4 Å². The van der Waals surface area contributed by atoms with Gasteiger partial charge in [-0.15, -0.1) is 0 Å². The number of pyridine rings is 1. The maximum absolute atomic E-state index is 5.30. The van der Waals surface area contributed by atoms with E-state index in [1.807, 2.05) is 24.4 Å². The first-order valence-corrected chi connectivity index (χ1v) is 6.81. The largest absolute Gasteiger partial charge is 0.497 e. The second-order valence-electron chi connectivity index (χ2n) is 4.91. The Morgan fingerprint density at radius 3 is 2.79 bits per heavy atom. The number of piperidine rings is 1. The summed E-state index contributed by atoms with van der Waals surface area (Å²) >= 11 is 0. The molecule has 1 aromatic carbocycles. The van der Waals surface area contributed by atoms with E-state index in [1.165, 1.54) is 24.6 Å². The zero-order valence-electron chi connectivity index (χ0n) is 11.2. The Labute approximate surface area is 113 Å². The minimum absolute atomic E-state index is 0.863. The highest BCUT2D eigenvalue weighted by Gasteiger charge is 2.12. The molecule has 1 aliphatic rings. The predicted octanol–water partition coefficient (Wildman–Crippen LogP) is 3.06. The molecule has 1 aromatic heterocycles. The van der Waals surface area contributed by atoms with Gasteiger partial charge >= 0.3 is 0 Å². The van der Waals surface area contributed by atoms with Gasteiger partial charge in [0.25, 0.3) is 0 Å². The van der Waals surface area contributed by atoms with Gasteiger partial charge in [-0.3, -0.25) is 0 Å². The van der Waals surface area contributed by atoms with Crippen LogP contribution in [-0.4, -0.2) is 30.2 Å². The fourth-order valence-electron chi connectivity index (χ4n) is 2.52. The molecule has 4 heteroatoms. The van der Waals surface area contributed by atoms with Crippen LogP contribution in [0.25, 0.3) is 10.8 Å². The van der Waals surface area contributed by atoms with E-state index in [2.05, 4.69) is 21.5 Å². The second kappa shape index (κ2) is 5.45. The van der Waals surface area contributed by atoms with Crippen molar-refractivity contribution in [2.45, 2.75) is 19.3 Å². The lowest BCUT2D eigenvalue weighted by atomic mass is 10.1. The van der Waals surface area contributed by atoms with Crippen molar-refractivity contribution in [2.75, 3.05) is 25.6 Å². The Morgan fingerprint density at radius 2 is 2.00 bits per heavy atom. The maximum Gasteiger partial charge on any atom is 0.148 e. The van der Waals surface area contributed by atoms with E-state index in [0.29, 0.717) is 0 Å². The number of fused-ring (bicyclic) bond motifs is 1. The van der Waals surface area contributed by atoms with Crippen molar-refractivity contribution in [3.05, 3.63) is 30.5 Å². The van der Waals surface area contributed by atoms with Gasteiger partial charge in [-0.25, -0.2) is 9.99 Å². The van der Waals surface area contributed by atoms with Crippen LogP contribution in [0.5, 0.6) is 5.75 Å². The number of hydrogen-bond acceptors (Lipinski definition) is 4. The molecule has 1 aliphatic heterocycles. The van der Waals surface area contributed by atoms with Crippen LogP contribution in [-0.2, 0) is 0 Å². The third kappa shape index (κ3) is 2.63.